The van der Waals surface area contributed by atoms with E-state index in [0.29, 0.717) is 28.7 Å². The van der Waals surface area contributed by atoms with Gasteiger partial charge in [0.25, 0.3) is 0 Å². The number of H-pyrrole nitrogens is 1. The van der Waals surface area contributed by atoms with Crippen LogP contribution in [0, 0.1) is 5.92 Å². The lowest BCUT2D eigenvalue weighted by Crippen LogP contribution is -2.35. The van der Waals surface area contributed by atoms with E-state index in [2.05, 4.69) is 22.0 Å². The van der Waals surface area contributed by atoms with Crippen molar-refractivity contribution < 1.29 is 24.5 Å². The summed E-state index contributed by atoms with van der Waals surface area (Å²) in [5, 5.41) is 20.7. The topological polar surface area (TPSA) is 107 Å². The third-order valence-electron chi connectivity index (χ3n) is 7.93. The first kappa shape index (κ1) is 28.2. The Bertz CT molecular complexity index is 1500. The first-order valence-corrected chi connectivity index (χ1v) is 14.1. The number of aromatic hydroxyl groups is 1. The van der Waals surface area contributed by atoms with Gasteiger partial charge in [0, 0.05) is 30.0 Å². The van der Waals surface area contributed by atoms with Crippen LogP contribution in [0.1, 0.15) is 42.4 Å². The zero-order chi connectivity index (χ0) is 28.8. The van der Waals surface area contributed by atoms with Crippen molar-refractivity contribution in [2.75, 3.05) is 33.9 Å². The second kappa shape index (κ2) is 12.9. The van der Waals surface area contributed by atoms with Gasteiger partial charge in [0.15, 0.2) is 17.4 Å². The maximum absolute atomic E-state index is 11.0. The number of carboxylic acid groups (broad SMARTS) is 1. The van der Waals surface area contributed by atoms with E-state index in [4.69, 9.17) is 19.6 Å². The van der Waals surface area contributed by atoms with E-state index in [9.17, 15) is 9.90 Å². The number of aromatic nitrogens is 1. The summed E-state index contributed by atoms with van der Waals surface area (Å²) in [6.45, 7) is 3.04. The first-order valence-electron chi connectivity index (χ1n) is 14.1. The smallest absolute Gasteiger partial charge is 0.303 e. The van der Waals surface area contributed by atoms with E-state index in [0.717, 1.165) is 67.5 Å². The number of hydrogen-bond donors (Lipinski definition) is 3. The van der Waals surface area contributed by atoms with E-state index >= 15 is 0 Å². The number of ether oxygens (including phenoxy) is 2. The molecule has 1 aliphatic rings. The highest BCUT2D eigenvalue weighted by Gasteiger charge is 2.22. The van der Waals surface area contributed by atoms with Gasteiger partial charge in [-0.05, 0) is 68.5 Å². The van der Waals surface area contributed by atoms with E-state index in [-0.39, 0.29) is 12.3 Å². The first-order chi connectivity index (χ1) is 19.9. The van der Waals surface area contributed by atoms with Gasteiger partial charge in [-0.2, -0.15) is 0 Å². The summed E-state index contributed by atoms with van der Waals surface area (Å²) in [5.74, 6) is 1.00. The molecule has 214 valence electrons. The van der Waals surface area contributed by atoms with Gasteiger partial charge < -0.3 is 29.6 Å². The molecular weight excluding hydrogens is 518 g/mol. The fraction of sp³-hybridized carbons (Fsp3) is 0.333. The Labute approximate surface area is 240 Å². The predicted octanol–water partition coefficient (Wildman–Crippen LogP) is 6.18. The second-order valence-electron chi connectivity index (χ2n) is 10.6. The number of nitrogens with one attached hydrogen (secondary N) is 1. The lowest BCUT2D eigenvalue weighted by molar-refractivity contribution is -0.137. The summed E-state index contributed by atoms with van der Waals surface area (Å²) < 4.78 is 11.0. The third-order valence-corrected chi connectivity index (χ3v) is 7.93. The summed E-state index contributed by atoms with van der Waals surface area (Å²) >= 11 is 0. The van der Waals surface area contributed by atoms with Crippen LogP contribution >= 0.6 is 0 Å². The largest absolute Gasteiger partial charge is 0.494 e. The lowest BCUT2D eigenvalue weighted by atomic mass is 9.92. The number of carbonyl (C=O) groups is 1. The molecule has 0 aliphatic carbocycles. The second-order valence-corrected chi connectivity index (χ2v) is 10.6. The molecule has 4 aromatic rings. The van der Waals surface area contributed by atoms with Crippen LogP contribution < -0.4 is 9.47 Å². The average Bonchev–Trinajstić information content (AvgIpc) is 3.32. The minimum atomic E-state index is -0.699. The standard InChI is InChI=1S/C33H37N3O5/c1-40-28-20-26-27(21-29(28)41-2)35-33(39)31(26)32(24-6-4-3-5-7-24)34-25-11-8-22(9-12-25)14-17-36-18-15-23(16-19-36)10-13-30(37)38/h3-9,11-12,20-21,23,35,39H,10,13-19H2,1-2H3,(H,37,38). The van der Waals surface area contributed by atoms with Gasteiger partial charge in [0.1, 0.15) is 0 Å². The highest BCUT2D eigenvalue weighted by molar-refractivity contribution is 6.22. The molecule has 41 heavy (non-hydrogen) atoms. The number of methoxy groups -OCH3 is 2. The Kier molecular flexibility index (Phi) is 8.89. The summed E-state index contributed by atoms with van der Waals surface area (Å²) in [6, 6.07) is 21.8. The van der Waals surface area contributed by atoms with E-state index in [1.54, 1.807) is 14.2 Å². The van der Waals surface area contributed by atoms with Gasteiger partial charge in [0.2, 0.25) is 0 Å². The van der Waals surface area contributed by atoms with Gasteiger partial charge in [-0.1, -0.05) is 42.5 Å². The number of rotatable bonds is 11. The minimum absolute atomic E-state index is 0.0289. The minimum Gasteiger partial charge on any atom is -0.494 e. The summed E-state index contributed by atoms with van der Waals surface area (Å²) in [5.41, 5.74) is 4.89. The van der Waals surface area contributed by atoms with Crippen LogP contribution in [-0.2, 0) is 11.2 Å². The average molecular weight is 556 g/mol. The fourth-order valence-corrected chi connectivity index (χ4v) is 5.59. The van der Waals surface area contributed by atoms with E-state index in [1.807, 2.05) is 54.6 Å². The number of nitrogens with zero attached hydrogens (tertiary/aromatic N) is 2. The Morgan fingerprint density at radius 3 is 2.34 bits per heavy atom. The summed E-state index contributed by atoms with van der Waals surface area (Å²) in [4.78, 5) is 21.4. The van der Waals surface area contributed by atoms with Crippen LogP contribution in [0.15, 0.2) is 71.7 Å². The van der Waals surface area contributed by atoms with Crippen molar-refractivity contribution in [1.82, 2.24) is 9.88 Å². The van der Waals surface area contributed by atoms with Crippen molar-refractivity contribution >= 4 is 28.3 Å². The van der Waals surface area contributed by atoms with E-state index < -0.39 is 5.97 Å². The quantitative estimate of drug-likeness (QED) is 0.191. The molecule has 2 heterocycles. The number of aromatic amines is 1. The third kappa shape index (κ3) is 6.72. The van der Waals surface area contributed by atoms with Crippen LogP contribution in [0.2, 0.25) is 0 Å². The molecule has 8 heteroatoms. The molecule has 0 saturated carbocycles. The molecule has 1 fully saturated rings. The van der Waals surface area contributed by atoms with Gasteiger partial charge >= 0.3 is 5.97 Å². The Morgan fingerprint density at radius 1 is 1.00 bits per heavy atom. The summed E-state index contributed by atoms with van der Waals surface area (Å²) in [6.07, 6.45) is 4.15. The van der Waals surface area contributed by atoms with Crippen molar-refractivity contribution in [2.45, 2.75) is 32.1 Å². The molecule has 1 saturated heterocycles. The molecule has 0 spiro atoms. The number of likely N-dealkylation sites (tertiary alicyclic amines) is 1. The molecule has 3 N–H and O–H groups in total. The van der Waals surface area contributed by atoms with Gasteiger partial charge in [0.05, 0.1) is 36.7 Å². The molecule has 0 radical (unpaired) electrons. The molecule has 1 aromatic heterocycles. The van der Waals surface area contributed by atoms with Crippen molar-refractivity contribution in [2.24, 2.45) is 10.9 Å². The SMILES string of the molecule is COc1cc2[nH]c(O)c(C(=Nc3ccc(CCN4CCC(CCC(=O)O)CC4)cc3)c3ccccc3)c2cc1OC. The fourth-order valence-electron chi connectivity index (χ4n) is 5.59. The Morgan fingerprint density at radius 2 is 1.68 bits per heavy atom. The van der Waals surface area contributed by atoms with Crippen molar-refractivity contribution in [3.63, 3.8) is 0 Å². The number of aliphatic imine (C=N–C) groups is 1. The van der Waals surface area contributed by atoms with Gasteiger partial charge in [-0.15, -0.1) is 0 Å². The Hall–Kier alpha value is -4.30. The highest BCUT2D eigenvalue weighted by atomic mass is 16.5. The van der Waals surface area contributed by atoms with Crippen LogP contribution in [0.3, 0.4) is 0 Å². The maximum atomic E-state index is 11.0. The molecule has 0 bridgehead atoms. The van der Waals surface area contributed by atoms with Gasteiger partial charge in [-0.3, -0.25) is 4.79 Å². The van der Waals surface area contributed by atoms with Crippen molar-refractivity contribution in [3.05, 3.63) is 83.4 Å². The molecule has 5 rings (SSSR count). The number of piperidine rings is 1. The molecule has 0 amide bonds. The lowest BCUT2D eigenvalue weighted by Gasteiger charge is -2.31. The predicted molar refractivity (Wildman–Crippen MR) is 161 cm³/mol. The molecule has 0 atom stereocenters. The summed E-state index contributed by atoms with van der Waals surface area (Å²) in [7, 11) is 3.18. The number of fused-ring (bicyclic) bond motifs is 1. The van der Waals surface area contributed by atoms with Crippen LogP contribution in [-0.4, -0.2) is 65.6 Å². The monoisotopic (exact) mass is 555 g/mol. The van der Waals surface area contributed by atoms with Crippen molar-refractivity contribution in [1.29, 1.82) is 0 Å². The molecule has 8 nitrogen and oxygen atoms in total. The van der Waals surface area contributed by atoms with Crippen LogP contribution in [0.25, 0.3) is 10.9 Å². The number of aliphatic carboxylic acids is 1. The van der Waals surface area contributed by atoms with Crippen LogP contribution in [0.5, 0.6) is 17.4 Å². The number of benzene rings is 3. The normalized spacial score (nSPS) is 14.8. The Balaban J connectivity index is 1.35. The highest BCUT2D eigenvalue weighted by Crippen LogP contribution is 2.38. The molecule has 3 aromatic carbocycles. The molecular formula is C33H37N3O5. The zero-order valence-electron chi connectivity index (χ0n) is 23.6. The maximum Gasteiger partial charge on any atom is 0.303 e. The van der Waals surface area contributed by atoms with E-state index in [1.165, 1.54) is 5.56 Å². The number of hydrogen-bond acceptors (Lipinski definition) is 6. The molecule has 0 unspecified atom stereocenters. The zero-order valence-corrected chi connectivity index (χ0v) is 23.6. The number of carboxylic acids is 1. The van der Waals surface area contributed by atoms with Crippen molar-refractivity contribution in [3.8, 4) is 17.4 Å². The molecule has 1 aliphatic heterocycles. The van der Waals surface area contributed by atoms with Crippen LogP contribution in [0.4, 0.5) is 5.69 Å². The van der Waals surface area contributed by atoms with Gasteiger partial charge in [-0.25, -0.2) is 4.99 Å².